The van der Waals surface area contributed by atoms with Crippen LogP contribution in [-0.2, 0) is 31.4 Å². The quantitative estimate of drug-likeness (QED) is 0.458. The van der Waals surface area contributed by atoms with Gasteiger partial charge >= 0.3 is 0 Å². The van der Waals surface area contributed by atoms with Crippen molar-refractivity contribution in [1.29, 1.82) is 0 Å². The molecule has 2 aliphatic heterocycles. The van der Waals surface area contributed by atoms with Crippen LogP contribution in [0.4, 0.5) is 5.69 Å². The highest BCUT2D eigenvalue weighted by molar-refractivity contribution is 7.90. The zero-order valence-electron chi connectivity index (χ0n) is 24.8. The Bertz CT molecular complexity index is 1510. The second-order valence-corrected chi connectivity index (χ2v) is 15.0. The monoisotopic (exact) mass is 628 g/mol. The van der Waals surface area contributed by atoms with E-state index in [1.807, 2.05) is 19.1 Å². The summed E-state index contributed by atoms with van der Waals surface area (Å²) >= 11 is 6.40. The Morgan fingerprint density at radius 2 is 2.05 bits per heavy atom. The topological polar surface area (TPSA) is 105 Å². The number of sulfonamides is 1. The number of methoxy groups -OCH3 is 1. The van der Waals surface area contributed by atoms with Gasteiger partial charge in [0.2, 0.25) is 5.91 Å². The number of benzene rings is 2. The van der Waals surface area contributed by atoms with Gasteiger partial charge in [-0.05, 0) is 97.7 Å². The van der Waals surface area contributed by atoms with E-state index in [9.17, 15) is 18.3 Å². The number of amides is 1. The minimum Gasteiger partial charge on any atom is -0.490 e. The lowest BCUT2D eigenvalue weighted by Crippen LogP contribution is -2.49. The van der Waals surface area contributed by atoms with Crippen molar-refractivity contribution >= 4 is 33.2 Å². The first-order chi connectivity index (χ1) is 20.6. The van der Waals surface area contributed by atoms with Crippen molar-refractivity contribution in [2.24, 2.45) is 23.7 Å². The van der Waals surface area contributed by atoms with E-state index in [-0.39, 0.29) is 22.3 Å². The summed E-state index contributed by atoms with van der Waals surface area (Å²) in [5.41, 5.74) is 2.92. The SMILES string of the molecule is CO[C@@H]1C=CC[C@H](C)[C@@H](CO)C(=O)NS(=O)(=O)c2ccc3c(c2)N(C[C@@H]2CC[C@H]21)C[C@@]1(CCCc2cc(Cl)ccc21)CO3. The molecule has 10 heteroatoms. The molecule has 0 unspecified atom stereocenters. The summed E-state index contributed by atoms with van der Waals surface area (Å²) in [6.45, 7) is 3.28. The minimum atomic E-state index is -4.19. The number of carbonyl (C=O) groups is 1. The molecule has 2 aromatic carbocycles. The fraction of sp³-hybridized carbons (Fsp3) is 0.545. The molecule has 2 aromatic rings. The van der Waals surface area contributed by atoms with E-state index in [0.29, 0.717) is 42.8 Å². The highest BCUT2D eigenvalue weighted by Gasteiger charge is 2.44. The van der Waals surface area contributed by atoms with Crippen LogP contribution in [0.5, 0.6) is 5.75 Å². The Kier molecular flexibility index (Phi) is 8.54. The van der Waals surface area contributed by atoms with Gasteiger partial charge in [-0.15, -0.1) is 0 Å². The highest BCUT2D eigenvalue weighted by atomic mass is 35.5. The molecule has 8 nitrogen and oxygen atoms in total. The molecule has 1 amide bonds. The molecule has 0 aromatic heterocycles. The molecule has 1 saturated carbocycles. The number of aliphatic hydroxyl groups excluding tert-OH is 1. The fourth-order valence-corrected chi connectivity index (χ4v) is 8.82. The van der Waals surface area contributed by atoms with E-state index in [4.69, 9.17) is 21.1 Å². The smallest absolute Gasteiger partial charge is 0.264 e. The van der Waals surface area contributed by atoms with Crippen LogP contribution >= 0.6 is 11.6 Å². The predicted molar refractivity (Wildman–Crippen MR) is 166 cm³/mol. The molecular formula is C33H41ClN2O6S. The maximum atomic E-state index is 13.5. The number of nitrogens with zero attached hydrogens (tertiary/aromatic N) is 1. The zero-order chi connectivity index (χ0) is 30.4. The minimum absolute atomic E-state index is 0.00348. The van der Waals surface area contributed by atoms with Crippen molar-refractivity contribution in [1.82, 2.24) is 4.72 Å². The number of nitrogens with one attached hydrogen (secondary N) is 1. The van der Waals surface area contributed by atoms with E-state index >= 15 is 0 Å². The number of ether oxygens (including phenoxy) is 2. The van der Waals surface area contributed by atoms with Crippen LogP contribution < -0.4 is 14.4 Å². The lowest BCUT2D eigenvalue weighted by Gasteiger charge is -2.46. The van der Waals surface area contributed by atoms with E-state index < -0.39 is 28.5 Å². The van der Waals surface area contributed by atoms with E-state index in [1.54, 1.807) is 19.2 Å². The van der Waals surface area contributed by atoms with Gasteiger partial charge in [0.25, 0.3) is 10.0 Å². The molecule has 1 fully saturated rings. The van der Waals surface area contributed by atoms with Crippen molar-refractivity contribution in [2.45, 2.75) is 61.9 Å². The van der Waals surface area contributed by atoms with Gasteiger partial charge in [0.05, 0.1) is 35.8 Å². The van der Waals surface area contributed by atoms with Gasteiger partial charge in [-0.3, -0.25) is 4.79 Å². The number of anilines is 1. The molecule has 0 radical (unpaired) electrons. The number of hydrogen-bond donors (Lipinski definition) is 2. The third-order valence-corrected chi connectivity index (χ3v) is 11.8. The standard InChI is InChI=1S/C33H41ClN2O6S/c1-21-5-3-7-30(41-2)26-11-8-23(26)17-36-19-33(14-4-6-22-15-24(34)9-12-28(22)33)20-42-31-13-10-25(16-29(31)36)43(39,40)35-32(38)27(21)18-37/h3,7,9-10,12-13,15-16,21,23,26-27,30,37H,4-6,8,11,14,17-20H2,1-2H3,(H,35,38)/t21-,23-,26+,27+,30+,33-/m0/s1. The molecule has 1 spiro atoms. The number of fused-ring (bicyclic) bond motifs is 4. The van der Waals surface area contributed by atoms with Crippen LogP contribution in [0.25, 0.3) is 0 Å². The third kappa shape index (κ3) is 5.81. The second-order valence-electron chi connectivity index (χ2n) is 12.8. The van der Waals surface area contributed by atoms with Crippen LogP contribution in [0.2, 0.25) is 5.02 Å². The van der Waals surface area contributed by atoms with Gasteiger partial charge in [0.1, 0.15) is 5.75 Å². The summed E-state index contributed by atoms with van der Waals surface area (Å²) in [4.78, 5) is 15.4. The van der Waals surface area contributed by atoms with Gasteiger partial charge in [0.15, 0.2) is 0 Å². The molecule has 0 saturated heterocycles. The van der Waals surface area contributed by atoms with Crippen molar-refractivity contribution in [3.63, 3.8) is 0 Å². The number of hydrogen-bond acceptors (Lipinski definition) is 7. The van der Waals surface area contributed by atoms with E-state index in [1.165, 1.54) is 17.2 Å². The first kappa shape index (κ1) is 30.4. The normalized spacial score (nSPS) is 32.0. The Morgan fingerprint density at radius 3 is 2.79 bits per heavy atom. The summed E-state index contributed by atoms with van der Waals surface area (Å²) in [6.07, 6.45) is 9.56. The van der Waals surface area contributed by atoms with Gasteiger partial charge in [0, 0.05) is 30.6 Å². The number of aliphatic hydroxyl groups is 1. The predicted octanol–water partition coefficient (Wildman–Crippen LogP) is 4.86. The Hall–Kier alpha value is -2.59. The van der Waals surface area contributed by atoms with E-state index in [0.717, 1.165) is 43.7 Å². The Morgan fingerprint density at radius 1 is 1.21 bits per heavy atom. The second kappa shape index (κ2) is 12.1. The number of rotatable bonds is 2. The first-order valence-electron chi connectivity index (χ1n) is 15.3. The van der Waals surface area contributed by atoms with Gasteiger partial charge < -0.3 is 19.5 Å². The summed E-state index contributed by atoms with van der Waals surface area (Å²) in [6, 6.07) is 11.0. The van der Waals surface area contributed by atoms with Crippen molar-refractivity contribution < 1.29 is 27.8 Å². The van der Waals surface area contributed by atoms with Crippen LogP contribution in [0.1, 0.15) is 50.2 Å². The van der Waals surface area contributed by atoms with Gasteiger partial charge in [-0.1, -0.05) is 36.7 Å². The summed E-state index contributed by atoms with van der Waals surface area (Å²) in [5.74, 6) is -0.553. The maximum Gasteiger partial charge on any atom is 0.264 e. The molecule has 43 heavy (non-hydrogen) atoms. The van der Waals surface area contributed by atoms with Crippen LogP contribution in [0.3, 0.4) is 0 Å². The molecule has 6 atom stereocenters. The average Bonchev–Trinajstić information content (AvgIpc) is 3.11. The molecule has 2 aliphatic carbocycles. The number of aryl methyl sites for hydroxylation is 1. The molecule has 2 bridgehead atoms. The van der Waals surface area contributed by atoms with Crippen LogP contribution in [0, 0.1) is 23.7 Å². The molecule has 2 heterocycles. The fourth-order valence-electron chi connectivity index (χ4n) is 7.57. The average molecular weight is 629 g/mol. The maximum absolute atomic E-state index is 13.5. The number of carbonyl (C=O) groups excluding carboxylic acids is 1. The lowest BCUT2D eigenvalue weighted by molar-refractivity contribution is -0.126. The van der Waals surface area contributed by atoms with Crippen molar-refractivity contribution in [2.75, 3.05) is 38.3 Å². The van der Waals surface area contributed by atoms with Crippen LogP contribution in [-0.4, -0.2) is 58.9 Å². The number of halogens is 1. The molecule has 232 valence electrons. The summed E-state index contributed by atoms with van der Waals surface area (Å²) in [7, 11) is -2.46. The lowest BCUT2D eigenvalue weighted by atomic mass is 9.68. The summed E-state index contributed by atoms with van der Waals surface area (Å²) < 4.78 is 41.8. The Labute approximate surface area is 259 Å². The zero-order valence-corrected chi connectivity index (χ0v) is 26.4. The Balaban J connectivity index is 1.44. The highest BCUT2D eigenvalue weighted by Crippen LogP contribution is 2.47. The molecule has 4 aliphatic rings. The molecular weight excluding hydrogens is 588 g/mol. The van der Waals surface area contributed by atoms with Crippen molar-refractivity contribution in [3.05, 3.63) is 64.7 Å². The van der Waals surface area contributed by atoms with Gasteiger partial charge in [-0.25, -0.2) is 13.1 Å². The largest absolute Gasteiger partial charge is 0.490 e. The van der Waals surface area contributed by atoms with E-state index in [2.05, 4.69) is 27.8 Å². The van der Waals surface area contributed by atoms with Gasteiger partial charge in [-0.2, -0.15) is 0 Å². The summed E-state index contributed by atoms with van der Waals surface area (Å²) in [5, 5.41) is 10.8. The first-order valence-corrected chi connectivity index (χ1v) is 17.2. The number of allylic oxidation sites excluding steroid dienone is 1. The molecule has 2 N–H and O–H groups in total. The van der Waals surface area contributed by atoms with Crippen molar-refractivity contribution in [3.8, 4) is 5.75 Å². The van der Waals surface area contributed by atoms with Crippen LogP contribution in [0.15, 0.2) is 53.4 Å². The third-order valence-electron chi connectivity index (χ3n) is 10.2. The molecule has 6 rings (SSSR count).